The second kappa shape index (κ2) is 6.00. The van der Waals surface area contributed by atoms with Gasteiger partial charge in [-0.2, -0.15) is 0 Å². The van der Waals surface area contributed by atoms with E-state index < -0.39 is 5.97 Å². The molecule has 0 aliphatic carbocycles. The maximum absolute atomic E-state index is 11.3. The van der Waals surface area contributed by atoms with E-state index in [4.69, 9.17) is 0 Å². The van der Waals surface area contributed by atoms with Crippen LogP contribution in [0.2, 0.25) is 0 Å². The van der Waals surface area contributed by atoms with Gasteiger partial charge in [-0.15, -0.1) is 0 Å². The highest BCUT2D eigenvalue weighted by Crippen LogP contribution is 2.30. The first-order valence-corrected chi connectivity index (χ1v) is 7.40. The van der Waals surface area contributed by atoms with E-state index in [0.717, 1.165) is 43.6 Å². The zero-order valence-electron chi connectivity index (χ0n) is 12.0. The highest BCUT2D eigenvalue weighted by Gasteiger charge is 2.21. The summed E-state index contributed by atoms with van der Waals surface area (Å²) in [4.78, 5) is 13.7. The zero-order valence-corrected chi connectivity index (χ0v) is 12.0. The SMILES string of the molecule is O=C(O)c1cccc2c1CCCN2CCc1ccccc1. The van der Waals surface area contributed by atoms with Crippen molar-refractivity contribution in [3.63, 3.8) is 0 Å². The lowest BCUT2D eigenvalue weighted by molar-refractivity contribution is 0.0695. The van der Waals surface area contributed by atoms with Gasteiger partial charge in [0.2, 0.25) is 0 Å². The van der Waals surface area contributed by atoms with Crippen LogP contribution in [0.15, 0.2) is 48.5 Å². The Labute approximate surface area is 124 Å². The quantitative estimate of drug-likeness (QED) is 0.934. The van der Waals surface area contributed by atoms with Gasteiger partial charge in [-0.25, -0.2) is 4.79 Å². The van der Waals surface area contributed by atoms with Gasteiger partial charge >= 0.3 is 5.97 Å². The van der Waals surface area contributed by atoms with Crippen LogP contribution in [-0.2, 0) is 12.8 Å². The molecule has 108 valence electrons. The summed E-state index contributed by atoms with van der Waals surface area (Å²) < 4.78 is 0. The maximum Gasteiger partial charge on any atom is 0.336 e. The molecule has 0 saturated carbocycles. The molecule has 2 aromatic carbocycles. The van der Waals surface area contributed by atoms with Crippen LogP contribution in [0, 0.1) is 0 Å². The van der Waals surface area contributed by atoms with E-state index in [1.807, 2.05) is 18.2 Å². The molecule has 0 unspecified atom stereocenters. The first kappa shape index (κ1) is 13.7. The molecule has 3 nitrogen and oxygen atoms in total. The predicted octanol–water partition coefficient (Wildman–Crippen LogP) is 3.38. The van der Waals surface area contributed by atoms with E-state index in [2.05, 4.69) is 29.2 Å². The number of carbonyl (C=O) groups is 1. The highest BCUT2D eigenvalue weighted by atomic mass is 16.4. The van der Waals surface area contributed by atoms with Gasteiger partial charge in [0, 0.05) is 18.8 Å². The van der Waals surface area contributed by atoms with Crippen molar-refractivity contribution in [1.82, 2.24) is 0 Å². The van der Waals surface area contributed by atoms with Gasteiger partial charge < -0.3 is 10.0 Å². The minimum Gasteiger partial charge on any atom is -0.478 e. The molecule has 3 heteroatoms. The fourth-order valence-electron chi connectivity index (χ4n) is 3.04. The number of carboxylic acids is 1. The van der Waals surface area contributed by atoms with Crippen LogP contribution in [0.3, 0.4) is 0 Å². The van der Waals surface area contributed by atoms with Crippen LogP contribution < -0.4 is 4.90 Å². The zero-order chi connectivity index (χ0) is 14.7. The van der Waals surface area contributed by atoms with Crippen LogP contribution in [0.5, 0.6) is 0 Å². The standard InChI is InChI=1S/C18H19NO2/c20-18(21)16-8-4-10-17-15(16)9-5-12-19(17)13-11-14-6-2-1-3-7-14/h1-4,6-8,10H,5,9,11-13H2,(H,20,21). The van der Waals surface area contributed by atoms with Gasteiger partial charge in [0.1, 0.15) is 0 Å². The summed E-state index contributed by atoms with van der Waals surface area (Å²) in [7, 11) is 0. The molecular weight excluding hydrogens is 262 g/mol. The number of carboxylic acid groups (broad SMARTS) is 1. The molecule has 2 aromatic rings. The average molecular weight is 281 g/mol. The predicted molar refractivity (Wildman–Crippen MR) is 84.1 cm³/mol. The lowest BCUT2D eigenvalue weighted by Gasteiger charge is -2.32. The summed E-state index contributed by atoms with van der Waals surface area (Å²) in [6, 6.07) is 16.0. The van der Waals surface area contributed by atoms with E-state index in [-0.39, 0.29) is 0 Å². The molecule has 0 radical (unpaired) electrons. The highest BCUT2D eigenvalue weighted by molar-refractivity contribution is 5.91. The second-order valence-corrected chi connectivity index (χ2v) is 5.43. The maximum atomic E-state index is 11.3. The van der Waals surface area contributed by atoms with Crippen LogP contribution in [0.1, 0.15) is 27.9 Å². The molecule has 1 heterocycles. The van der Waals surface area contributed by atoms with Crippen molar-refractivity contribution in [1.29, 1.82) is 0 Å². The molecule has 3 rings (SSSR count). The average Bonchev–Trinajstić information content (AvgIpc) is 2.53. The summed E-state index contributed by atoms with van der Waals surface area (Å²) in [5.41, 5.74) is 3.86. The molecule has 0 atom stereocenters. The summed E-state index contributed by atoms with van der Waals surface area (Å²) in [5, 5.41) is 9.32. The Kier molecular flexibility index (Phi) is 3.91. The van der Waals surface area contributed by atoms with E-state index in [1.165, 1.54) is 5.56 Å². The second-order valence-electron chi connectivity index (χ2n) is 5.43. The van der Waals surface area contributed by atoms with E-state index in [9.17, 15) is 9.90 Å². The number of fused-ring (bicyclic) bond motifs is 1. The van der Waals surface area contributed by atoms with Crippen LogP contribution >= 0.6 is 0 Å². The summed E-state index contributed by atoms with van der Waals surface area (Å²) in [6.45, 7) is 1.93. The Bertz CT molecular complexity index is 637. The Morgan fingerprint density at radius 1 is 1.10 bits per heavy atom. The molecule has 0 amide bonds. The van der Waals surface area contributed by atoms with E-state index in [0.29, 0.717) is 5.56 Å². The lowest BCUT2D eigenvalue weighted by Crippen LogP contribution is -2.32. The van der Waals surface area contributed by atoms with Crippen molar-refractivity contribution in [2.24, 2.45) is 0 Å². The first-order valence-electron chi connectivity index (χ1n) is 7.40. The molecule has 0 aromatic heterocycles. The molecule has 0 spiro atoms. The third-order valence-electron chi connectivity index (χ3n) is 4.09. The number of benzene rings is 2. The normalized spacial score (nSPS) is 13.8. The molecule has 21 heavy (non-hydrogen) atoms. The minimum atomic E-state index is -0.822. The Hall–Kier alpha value is -2.29. The van der Waals surface area contributed by atoms with E-state index in [1.54, 1.807) is 6.07 Å². The first-order chi connectivity index (χ1) is 10.3. The fourth-order valence-corrected chi connectivity index (χ4v) is 3.04. The Morgan fingerprint density at radius 2 is 1.90 bits per heavy atom. The summed E-state index contributed by atoms with van der Waals surface area (Å²) in [6.07, 6.45) is 2.86. The third kappa shape index (κ3) is 2.92. The Morgan fingerprint density at radius 3 is 2.67 bits per heavy atom. The molecule has 1 aliphatic rings. The number of aromatic carboxylic acids is 1. The van der Waals surface area contributed by atoms with Gasteiger partial charge in [-0.05, 0) is 42.5 Å². The van der Waals surface area contributed by atoms with Gasteiger partial charge in [0.15, 0.2) is 0 Å². The molecule has 1 N–H and O–H groups in total. The van der Waals surface area contributed by atoms with Crippen LogP contribution in [-0.4, -0.2) is 24.2 Å². The minimum absolute atomic E-state index is 0.455. The molecule has 0 fully saturated rings. The van der Waals surface area contributed by atoms with Crippen molar-refractivity contribution >= 4 is 11.7 Å². The van der Waals surface area contributed by atoms with E-state index >= 15 is 0 Å². The van der Waals surface area contributed by atoms with Crippen LogP contribution in [0.4, 0.5) is 5.69 Å². The number of hydrogen-bond acceptors (Lipinski definition) is 2. The Balaban J connectivity index is 1.81. The van der Waals surface area contributed by atoms with Crippen molar-refractivity contribution in [2.75, 3.05) is 18.0 Å². The van der Waals surface area contributed by atoms with Gasteiger partial charge in [0.05, 0.1) is 5.56 Å². The van der Waals surface area contributed by atoms with Crippen molar-refractivity contribution in [2.45, 2.75) is 19.3 Å². The van der Waals surface area contributed by atoms with Crippen LogP contribution in [0.25, 0.3) is 0 Å². The third-order valence-corrected chi connectivity index (χ3v) is 4.09. The van der Waals surface area contributed by atoms with Crippen molar-refractivity contribution in [3.05, 3.63) is 65.2 Å². The van der Waals surface area contributed by atoms with Gasteiger partial charge in [0.25, 0.3) is 0 Å². The summed E-state index contributed by atoms with van der Waals surface area (Å²) >= 11 is 0. The largest absolute Gasteiger partial charge is 0.478 e. The monoisotopic (exact) mass is 281 g/mol. The molecule has 0 bridgehead atoms. The smallest absolute Gasteiger partial charge is 0.336 e. The molecule has 0 saturated heterocycles. The molecular formula is C18H19NO2. The number of anilines is 1. The number of rotatable bonds is 4. The summed E-state index contributed by atoms with van der Waals surface area (Å²) in [5.74, 6) is -0.822. The topological polar surface area (TPSA) is 40.5 Å². The molecule has 1 aliphatic heterocycles. The van der Waals surface area contributed by atoms with Crippen molar-refractivity contribution < 1.29 is 9.90 Å². The van der Waals surface area contributed by atoms with Gasteiger partial charge in [-0.1, -0.05) is 36.4 Å². The lowest BCUT2D eigenvalue weighted by atomic mass is 9.96. The number of nitrogens with zero attached hydrogens (tertiary/aromatic N) is 1. The fraction of sp³-hybridized carbons (Fsp3) is 0.278. The van der Waals surface area contributed by atoms with Crippen molar-refractivity contribution in [3.8, 4) is 0 Å². The van der Waals surface area contributed by atoms with Gasteiger partial charge in [-0.3, -0.25) is 0 Å². The number of hydrogen-bond donors (Lipinski definition) is 1.